The number of nitrogens with zero attached hydrogens (tertiary/aromatic N) is 3. The quantitative estimate of drug-likeness (QED) is 0.491. The summed E-state index contributed by atoms with van der Waals surface area (Å²) in [5, 5.41) is 11.3. The van der Waals surface area contributed by atoms with E-state index in [4.69, 9.17) is 0 Å². The summed E-state index contributed by atoms with van der Waals surface area (Å²) in [5.41, 5.74) is 2.12. The first kappa shape index (κ1) is 12.9. The standard InChI is InChI=1S/C14H13N3O2S/c18-17(19)11-7-5-10(6-8-11)9-15-14-16-12-3-1-2-4-13(12)20-14/h5-9H,1-4H2. The molecule has 2 aromatic rings. The fourth-order valence-electron chi connectivity index (χ4n) is 2.21. The van der Waals surface area contributed by atoms with E-state index in [-0.39, 0.29) is 5.69 Å². The van der Waals surface area contributed by atoms with Crippen LogP contribution in [0.1, 0.15) is 29.0 Å². The van der Waals surface area contributed by atoms with Crippen LogP contribution in [-0.2, 0) is 12.8 Å². The number of benzene rings is 1. The molecule has 0 saturated heterocycles. The van der Waals surface area contributed by atoms with Crippen LogP contribution in [0.25, 0.3) is 0 Å². The van der Waals surface area contributed by atoms with Crippen LogP contribution in [0.15, 0.2) is 29.3 Å². The van der Waals surface area contributed by atoms with Crippen LogP contribution in [0.2, 0.25) is 0 Å². The Hall–Kier alpha value is -2.08. The first-order valence-electron chi connectivity index (χ1n) is 6.49. The predicted octanol–water partition coefficient (Wildman–Crippen LogP) is 3.68. The molecule has 1 aromatic carbocycles. The Balaban J connectivity index is 1.76. The molecule has 0 amide bonds. The van der Waals surface area contributed by atoms with Gasteiger partial charge in [0, 0.05) is 23.2 Å². The monoisotopic (exact) mass is 287 g/mol. The van der Waals surface area contributed by atoms with Crippen LogP contribution < -0.4 is 0 Å². The van der Waals surface area contributed by atoms with Crippen molar-refractivity contribution in [1.29, 1.82) is 0 Å². The van der Waals surface area contributed by atoms with Crippen LogP contribution in [-0.4, -0.2) is 16.1 Å². The third-order valence-corrected chi connectivity index (χ3v) is 4.33. The van der Waals surface area contributed by atoms with Crippen LogP contribution in [0.5, 0.6) is 0 Å². The predicted molar refractivity (Wildman–Crippen MR) is 79.1 cm³/mol. The summed E-state index contributed by atoms with van der Waals surface area (Å²) >= 11 is 1.65. The Labute approximate surface area is 120 Å². The third kappa shape index (κ3) is 2.75. The van der Waals surface area contributed by atoms with Gasteiger partial charge in [-0.05, 0) is 43.4 Å². The number of non-ortho nitro benzene ring substituents is 1. The molecule has 5 nitrogen and oxygen atoms in total. The Morgan fingerprint density at radius 1 is 1.25 bits per heavy atom. The number of rotatable bonds is 3. The molecule has 102 valence electrons. The van der Waals surface area contributed by atoms with Crippen molar-refractivity contribution in [2.45, 2.75) is 25.7 Å². The highest BCUT2D eigenvalue weighted by atomic mass is 32.1. The van der Waals surface area contributed by atoms with E-state index in [2.05, 4.69) is 9.98 Å². The van der Waals surface area contributed by atoms with E-state index >= 15 is 0 Å². The minimum absolute atomic E-state index is 0.0897. The van der Waals surface area contributed by atoms with E-state index in [1.165, 1.54) is 35.5 Å². The summed E-state index contributed by atoms with van der Waals surface area (Å²) in [4.78, 5) is 20.4. The summed E-state index contributed by atoms with van der Waals surface area (Å²) in [7, 11) is 0. The summed E-state index contributed by atoms with van der Waals surface area (Å²) in [5.74, 6) is 0. The molecular formula is C14H13N3O2S. The van der Waals surface area contributed by atoms with E-state index in [1.54, 1.807) is 29.7 Å². The normalized spacial score (nSPS) is 14.4. The van der Waals surface area contributed by atoms with Crippen molar-refractivity contribution >= 4 is 28.4 Å². The first-order chi connectivity index (χ1) is 9.72. The molecular weight excluding hydrogens is 274 g/mol. The van der Waals surface area contributed by atoms with Crippen molar-refractivity contribution in [3.05, 3.63) is 50.5 Å². The third-order valence-electron chi connectivity index (χ3n) is 3.26. The Morgan fingerprint density at radius 2 is 2.00 bits per heavy atom. The van der Waals surface area contributed by atoms with Gasteiger partial charge in [-0.25, -0.2) is 9.98 Å². The van der Waals surface area contributed by atoms with E-state index < -0.39 is 4.92 Å². The summed E-state index contributed by atoms with van der Waals surface area (Å²) in [6.07, 6.45) is 6.32. The molecule has 0 fully saturated rings. The first-order valence-corrected chi connectivity index (χ1v) is 7.31. The molecule has 0 N–H and O–H groups in total. The van der Waals surface area contributed by atoms with Crippen LogP contribution >= 0.6 is 11.3 Å². The molecule has 0 aliphatic heterocycles. The van der Waals surface area contributed by atoms with Crippen molar-refractivity contribution in [3.8, 4) is 0 Å². The average molecular weight is 287 g/mol. The molecule has 0 saturated carbocycles. The van der Waals surface area contributed by atoms with Gasteiger partial charge in [0.1, 0.15) is 0 Å². The molecule has 1 aliphatic carbocycles. The SMILES string of the molecule is O=[N+]([O-])c1ccc(C=Nc2nc3c(s2)CCCC3)cc1. The van der Waals surface area contributed by atoms with Crippen molar-refractivity contribution in [2.24, 2.45) is 4.99 Å². The zero-order chi connectivity index (χ0) is 13.9. The number of hydrogen-bond acceptors (Lipinski definition) is 5. The number of nitro benzene ring substituents is 1. The van der Waals surface area contributed by atoms with E-state index in [0.717, 1.165) is 23.5 Å². The van der Waals surface area contributed by atoms with Gasteiger partial charge in [0.25, 0.3) is 5.69 Å². The molecule has 0 bridgehead atoms. The van der Waals surface area contributed by atoms with E-state index in [0.29, 0.717) is 0 Å². The maximum Gasteiger partial charge on any atom is 0.269 e. The lowest BCUT2D eigenvalue weighted by molar-refractivity contribution is -0.384. The number of fused-ring (bicyclic) bond motifs is 1. The van der Waals surface area contributed by atoms with Crippen LogP contribution in [0.4, 0.5) is 10.8 Å². The summed E-state index contributed by atoms with van der Waals surface area (Å²) in [6.45, 7) is 0. The van der Waals surface area contributed by atoms with Crippen LogP contribution in [0, 0.1) is 10.1 Å². The Kier molecular flexibility index (Phi) is 3.56. The summed E-state index contributed by atoms with van der Waals surface area (Å²) < 4.78 is 0. The minimum Gasteiger partial charge on any atom is -0.258 e. The van der Waals surface area contributed by atoms with Gasteiger partial charge in [0.2, 0.25) is 5.13 Å². The zero-order valence-corrected chi connectivity index (χ0v) is 11.6. The van der Waals surface area contributed by atoms with Crippen molar-refractivity contribution in [1.82, 2.24) is 4.98 Å². The van der Waals surface area contributed by atoms with Crippen molar-refractivity contribution in [3.63, 3.8) is 0 Å². The second kappa shape index (κ2) is 5.50. The molecule has 0 atom stereocenters. The van der Waals surface area contributed by atoms with E-state index in [9.17, 15) is 10.1 Å². The van der Waals surface area contributed by atoms with Gasteiger partial charge in [0.15, 0.2) is 0 Å². The van der Waals surface area contributed by atoms with Crippen LogP contribution in [0.3, 0.4) is 0 Å². The van der Waals surface area contributed by atoms with Crippen molar-refractivity contribution in [2.75, 3.05) is 0 Å². The van der Waals surface area contributed by atoms with Crippen molar-refractivity contribution < 1.29 is 4.92 Å². The maximum atomic E-state index is 10.6. The minimum atomic E-state index is -0.407. The number of hydrogen-bond donors (Lipinski definition) is 0. The lowest BCUT2D eigenvalue weighted by Crippen LogP contribution is -1.98. The lowest BCUT2D eigenvalue weighted by atomic mass is 10.0. The highest BCUT2D eigenvalue weighted by Crippen LogP contribution is 2.31. The Bertz CT molecular complexity index is 638. The highest BCUT2D eigenvalue weighted by Gasteiger charge is 2.14. The molecule has 0 radical (unpaired) electrons. The molecule has 1 aliphatic rings. The largest absolute Gasteiger partial charge is 0.269 e. The number of nitro groups is 1. The highest BCUT2D eigenvalue weighted by molar-refractivity contribution is 7.15. The molecule has 1 aromatic heterocycles. The van der Waals surface area contributed by atoms with Gasteiger partial charge in [-0.3, -0.25) is 10.1 Å². The number of aliphatic imine (C=N–C) groups is 1. The molecule has 20 heavy (non-hydrogen) atoms. The fraction of sp³-hybridized carbons (Fsp3) is 0.286. The molecule has 6 heteroatoms. The summed E-state index contributed by atoms with van der Waals surface area (Å²) in [6, 6.07) is 6.34. The van der Waals surface area contributed by atoms with E-state index in [1.807, 2.05) is 0 Å². The van der Waals surface area contributed by atoms with Gasteiger partial charge < -0.3 is 0 Å². The molecule has 1 heterocycles. The van der Waals surface area contributed by atoms with Gasteiger partial charge in [-0.2, -0.15) is 0 Å². The maximum absolute atomic E-state index is 10.6. The average Bonchev–Trinajstić information content (AvgIpc) is 2.88. The molecule has 3 rings (SSSR count). The second-order valence-corrected chi connectivity index (χ2v) is 5.74. The molecule has 0 unspecified atom stereocenters. The number of thiazole rings is 1. The molecule has 0 spiro atoms. The van der Waals surface area contributed by atoms with Gasteiger partial charge in [-0.1, -0.05) is 11.3 Å². The fourth-order valence-corrected chi connectivity index (χ4v) is 3.20. The van der Waals surface area contributed by atoms with Gasteiger partial charge in [-0.15, -0.1) is 0 Å². The lowest BCUT2D eigenvalue weighted by Gasteiger charge is -2.06. The topological polar surface area (TPSA) is 68.4 Å². The Morgan fingerprint density at radius 3 is 2.70 bits per heavy atom. The zero-order valence-electron chi connectivity index (χ0n) is 10.8. The number of aryl methyl sites for hydroxylation is 2. The van der Waals surface area contributed by atoms with Gasteiger partial charge in [0.05, 0.1) is 10.6 Å². The smallest absolute Gasteiger partial charge is 0.258 e. The van der Waals surface area contributed by atoms with Gasteiger partial charge >= 0.3 is 0 Å². The second-order valence-electron chi connectivity index (χ2n) is 4.68. The number of aromatic nitrogens is 1.